The van der Waals surface area contributed by atoms with Crippen molar-refractivity contribution >= 4 is 17.7 Å². The van der Waals surface area contributed by atoms with Crippen LogP contribution >= 0.6 is 11.6 Å². The summed E-state index contributed by atoms with van der Waals surface area (Å²) < 4.78 is 13.2. The van der Waals surface area contributed by atoms with E-state index in [-0.39, 0.29) is 13.1 Å². The van der Waals surface area contributed by atoms with Gasteiger partial charge in [0.1, 0.15) is 12.3 Å². The number of nitrogens with one attached hydrogen (secondary N) is 1. The molecule has 5 nitrogen and oxygen atoms in total. The van der Waals surface area contributed by atoms with E-state index < -0.39 is 24.4 Å². The molecule has 2 unspecified atom stereocenters. The topological polar surface area (TPSA) is 72.8 Å². The maximum Gasteiger partial charge on any atom is 0.405 e. The van der Waals surface area contributed by atoms with Gasteiger partial charge in [0, 0.05) is 24.7 Å². The normalized spacial score (nSPS) is 22.0. The zero-order valence-corrected chi connectivity index (χ0v) is 12.1. The third-order valence-electron chi connectivity index (χ3n) is 3.55. The zero-order valence-electron chi connectivity index (χ0n) is 11.4. The number of carboxylic acid groups (broad SMARTS) is 1. The van der Waals surface area contributed by atoms with Gasteiger partial charge < -0.3 is 15.5 Å². The molecule has 0 aromatic heterocycles. The summed E-state index contributed by atoms with van der Waals surface area (Å²) in [7, 11) is 0. The molecule has 1 aromatic carbocycles. The minimum Gasteiger partial charge on any atom is -0.465 e. The summed E-state index contributed by atoms with van der Waals surface area (Å²) >= 11 is 5.88. The van der Waals surface area contributed by atoms with E-state index in [1.807, 2.05) is 0 Å². The largest absolute Gasteiger partial charge is 0.465 e. The summed E-state index contributed by atoms with van der Waals surface area (Å²) in [6, 6.07) is 5.88. The van der Waals surface area contributed by atoms with Gasteiger partial charge in [0.2, 0.25) is 0 Å². The first-order valence-corrected chi connectivity index (χ1v) is 7.13. The number of hydrogen-bond donors (Lipinski definition) is 3. The second kappa shape index (κ2) is 7.06. The molecule has 21 heavy (non-hydrogen) atoms. The van der Waals surface area contributed by atoms with Crippen LogP contribution in [0.3, 0.4) is 0 Å². The number of hydrogen-bond acceptors (Lipinski definition) is 3. The van der Waals surface area contributed by atoms with Crippen molar-refractivity contribution in [2.75, 3.05) is 19.6 Å². The quantitative estimate of drug-likeness (QED) is 0.777. The Bertz CT molecular complexity index is 503. The predicted octanol–water partition coefficient (Wildman–Crippen LogP) is 2.05. The average molecular weight is 317 g/mol. The fraction of sp³-hybridized carbons (Fsp3) is 0.500. The van der Waals surface area contributed by atoms with Gasteiger partial charge in [-0.2, -0.15) is 0 Å². The van der Waals surface area contributed by atoms with Crippen molar-refractivity contribution < 1.29 is 19.4 Å². The molecule has 1 amide bonds. The third-order valence-corrected chi connectivity index (χ3v) is 3.79. The van der Waals surface area contributed by atoms with Crippen molar-refractivity contribution in [2.24, 2.45) is 0 Å². The van der Waals surface area contributed by atoms with Crippen molar-refractivity contribution in [1.82, 2.24) is 10.2 Å². The minimum atomic E-state index is -1.22. The summed E-state index contributed by atoms with van der Waals surface area (Å²) in [6.45, 7) is 1.07. The summed E-state index contributed by atoms with van der Waals surface area (Å²) in [5, 5.41) is 22.1. The first kappa shape index (κ1) is 16.0. The van der Waals surface area contributed by atoms with Crippen LogP contribution in [0, 0.1) is 0 Å². The Morgan fingerprint density at radius 2 is 2.33 bits per heavy atom. The summed E-state index contributed by atoms with van der Waals surface area (Å²) in [5.41, 5.74) is 0.525. The molecule has 1 aromatic rings. The molecular weight excluding hydrogens is 299 g/mol. The van der Waals surface area contributed by atoms with Gasteiger partial charge in [0.05, 0.1) is 6.04 Å². The van der Waals surface area contributed by atoms with Crippen LogP contribution in [0.25, 0.3) is 0 Å². The van der Waals surface area contributed by atoms with Crippen molar-refractivity contribution in [3.63, 3.8) is 0 Å². The highest BCUT2D eigenvalue weighted by atomic mass is 35.5. The number of nitrogens with zero attached hydrogens (tertiary/aromatic N) is 1. The Labute approximate surface area is 127 Å². The molecule has 1 heterocycles. The van der Waals surface area contributed by atoms with Gasteiger partial charge in [-0.05, 0) is 24.1 Å². The van der Waals surface area contributed by atoms with E-state index in [0.29, 0.717) is 23.6 Å². The number of halogens is 2. The van der Waals surface area contributed by atoms with Crippen molar-refractivity contribution in [3.8, 4) is 0 Å². The highest BCUT2D eigenvalue weighted by molar-refractivity contribution is 6.30. The standard InChI is InChI=1S/C14H18ClFN2O3/c15-10-3-1-2-9(6-10)13(19)12(17-14(20)21)8-18-5-4-11(16)7-18/h1-3,6,11-13,17,19H,4-5,7-8H2,(H,20,21)/t11-,12?,13?/m1/s1. The van der Waals surface area contributed by atoms with Gasteiger partial charge in [-0.1, -0.05) is 23.7 Å². The highest BCUT2D eigenvalue weighted by Gasteiger charge is 2.29. The molecule has 0 bridgehead atoms. The number of amides is 1. The van der Waals surface area contributed by atoms with E-state index >= 15 is 0 Å². The Hall–Kier alpha value is -1.37. The Kier molecular flexibility index (Phi) is 5.39. The molecule has 1 fully saturated rings. The van der Waals surface area contributed by atoms with Gasteiger partial charge in [-0.15, -0.1) is 0 Å². The van der Waals surface area contributed by atoms with Gasteiger partial charge in [0.15, 0.2) is 0 Å². The van der Waals surface area contributed by atoms with Crippen molar-refractivity contribution in [2.45, 2.75) is 24.7 Å². The maximum atomic E-state index is 13.2. The molecular formula is C14H18ClFN2O3. The van der Waals surface area contributed by atoms with Crippen LogP contribution in [0.15, 0.2) is 24.3 Å². The van der Waals surface area contributed by atoms with Crippen molar-refractivity contribution in [3.05, 3.63) is 34.9 Å². The number of benzene rings is 1. The SMILES string of the molecule is O=C(O)NC(CN1CC[C@@H](F)C1)C(O)c1cccc(Cl)c1. The zero-order chi connectivity index (χ0) is 15.4. The van der Waals surface area contributed by atoms with E-state index in [9.17, 15) is 14.3 Å². The van der Waals surface area contributed by atoms with Gasteiger partial charge in [-0.3, -0.25) is 4.90 Å². The van der Waals surface area contributed by atoms with Crippen LogP contribution in [-0.4, -0.2) is 53.1 Å². The molecule has 3 atom stereocenters. The van der Waals surface area contributed by atoms with Gasteiger partial charge >= 0.3 is 6.09 Å². The monoisotopic (exact) mass is 316 g/mol. The number of alkyl halides is 1. The lowest BCUT2D eigenvalue weighted by atomic mass is 10.0. The lowest BCUT2D eigenvalue weighted by Crippen LogP contribution is -2.46. The molecule has 0 saturated carbocycles. The van der Waals surface area contributed by atoms with Crippen LogP contribution in [0.5, 0.6) is 0 Å². The lowest BCUT2D eigenvalue weighted by molar-refractivity contribution is 0.100. The lowest BCUT2D eigenvalue weighted by Gasteiger charge is -2.27. The predicted molar refractivity (Wildman–Crippen MR) is 77.3 cm³/mol. The summed E-state index contributed by atoms with van der Waals surface area (Å²) in [5.74, 6) is 0. The average Bonchev–Trinajstić information content (AvgIpc) is 2.82. The molecule has 0 aliphatic carbocycles. The van der Waals surface area contributed by atoms with E-state index in [2.05, 4.69) is 5.32 Å². The Morgan fingerprint density at radius 1 is 1.57 bits per heavy atom. The second-order valence-electron chi connectivity index (χ2n) is 5.20. The maximum absolute atomic E-state index is 13.2. The number of aliphatic hydroxyl groups is 1. The first-order valence-electron chi connectivity index (χ1n) is 6.75. The number of aliphatic hydroxyl groups excluding tert-OH is 1. The number of likely N-dealkylation sites (tertiary alicyclic amines) is 1. The summed E-state index contributed by atoms with van der Waals surface area (Å²) in [6.07, 6.45) is -2.72. The molecule has 0 spiro atoms. The molecule has 2 rings (SSSR count). The van der Waals surface area contributed by atoms with Crippen LogP contribution < -0.4 is 5.32 Å². The molecule has 7 heteroatoms. The van der Waals surface area contributed by atoms with Gasteiger partial charge in [-0.25, -0.2) is 9.18 Å². The first-order chi connectivity index (χ1) is 9.95. The minimum absolute atomic E-state index is 0.250. The van der Waals surface area contributed by atoms with Gasteiger partial charge in [0.25, 0.3) is 0 Å². The van der Waals surface area contributed by atoms with Crippen LogP contribution in [0.1, 0.15) is 18.1 Å². The molecule has 0 radical (unpaired) electrons. The Balaban J connectivity index is 2.09. The smallest absolute Gasteiger partial charge is 0.405 e. The number of carbonyl (C=O) groups is 1. The van der Waals surface area contributed by atoms with Crippen molar-refractivity contribution in [1.29, 1.82) is 0 Å². The van der Waals surface area contributed by atoms with E-state index in [4.69, 9.17) is 16.7 Å². The number of rotatable bonds is 5. The van der Waals surface area contributed by atoms with Crippen LogP contribution in [0.2, 0.25) is 5.02 Å². The third kappa shape index (κ3) is 4.56. The fourth-order valence-electron chi connectivity index (χ4n) is 2.54. The van der Waals surface area contributed by atoms with Crippen LogP contribution in [0.4, 0.5) is 9.18 Å². The van der Waals surface area contributed by atoms with E-state index in [0.717, 1.165) is 0 Å². The van der Waals surface area contributed by atoms with E-state index in [1.165, 1.54) is 0 Å². The van der Waals surface area contributed by atoms with Crippen LogP contribution in [-0.2, 0) is 0 Å². The molecule has 1 aliphatic rings. The summed E-state index contributed by atoms with van der Waals surface area (Å²) in [4.78, 5) is 12.7. The Morgan fingerprint density at radius 3 is 2.90 bits per heavy atom. The highest BCUT2D eigenvalue weighted by Crippen LogP contribution is 2.22. The van der Waals surface area contributed by atoms with E-state index in [1.54, 1.807) is 29.2 Å². The molecule has 1 saturated heterocycles. The molecule has 116 valence electrons. The molecule has 1 aliphatic heterocycles. The fourth-order valence-corrected chi connectivity index (χ4v) is 2.73. The molecule has 3 N–H and O–H groups in total. The second-order valence-corrected chi connectivity index (χ2v) is 5.64.